The quantitative estimate of drug-likeness (QED) is 0.478. The molecule has 8 heteroatoms. The highest BCUT2D eigenvalue weighted by atomic mass is 19.1. The molecule has 1 aromatic carbocycles. The number of carbonyl (C=O) groups is 1. The number of fused-ring (bicyclic) bond motifs is 1. The molecule has 0 radical (unpaired) electrons. The molecule has 4 rings (SSSR count). The van der Waals surface area contributed by atoms with Gasteiger partial charge in [-0.2, -0.15) is 0 Å². The van der Waals surface area contributed by atoms with Gasteiger partial charge >= 0.3 is 0 Å². The van der Waals surface area contributed by atoms with Gasteiger partial charge in [-0.3, -0.25) is 14.8 Å². The first-order chi connectivity index (χ1) is 15.5. The van der Waals surface area contributed by atoms with Gasteiger partial charge in [0.2, 0.25) is 0 Å². The Hall–Kier alpha value is -3.94. The standard InChI is InChI=1S/C24H23FN6O/c1-14(11-29-22-10-21(30-13-31-22)16-5-4-15(2)28-12-16)19-8-17(25)9-20-18(24(32)26-3)6-7-27-23(19)20/h4-10,12-14H,11H2,1-3H3,(H,26,32)(H,29,30,31). The molecule has 3 heterocycles. The molecule has 1 amide bonds. The van der Waals surface area contributed by atoms with Crippen molar-refractivity contribution in [3.63, 3.8) is 0 Å². The predicted molar refractivity (Wildman–Crippen MR) is 122 cm³/mol. The first-order valence-electron chi connectivity index (χ1n) is 10.3. The van der Waals surface area contributed by atoms with Gasteiger partial charge in [0.15, 0.2) is 0 Å². The average molecular weight is 430 g/mol. The summed E-state index contributed by atoms with van der Waals surface area (Å²) in [4.78, 5) is 29.6. The molecule has 32 heavy (non-hydrogen) atoms. The summed E-state index contributed by atoms with van der Waals surface area (Å²) in [7, 11) is 1.55. The van der Waals surface area contributed by atoms with E-state index in [0.717, 1.165) is 22.5 Å². The summed E-state index contributed by atoms with van der Waals surface area (Å²) in [6.45, 7) is 4.40. The van der Waals surface area contributed by atoms with Crippen LogP contribution in [0, 0.1) is 12.7 Å². The van der Waals surface area contributed by atoms with Crippen LogP contribution in [0.3, 0.4) is 0 Å². The minimum atomic E-state index is -0.409. The zero-order valence-corrected chi connectivity index (χ0v) is 18.1. The van der Waals surface area contributed by atoms with Gasteiger partial charge in [-0.1, -0.05) is 6.92 Å². The van der Waals surface area contributed by atoms with Crippen molar-refractivity contribution in [3.05, 3.63) is 77.8 Å². The third-order valence-corrected chi connectivity index (χ3v) is 5.31. The van der Waals surface area contributed by atoms with Gasteiger partial charge in [-0.15, -0.1) is 0 Å². The molecular weight excluding hydrogens is 407 g/mol. The first-order valence-corrected chi connectivity index (χ1v) is 10.3. The lowest BCUT2D eigenvalue weighted by Crippen LogP contribution is -2.18. The lowest BCUT2D eigenvalue weighted by molar-refractivity contribution is 0.0964. The van der Waals surface area contributed by atoms with E-state index in [2.05, 4.69) is 30.6 Å². The molecule has 162 valence electrons. The number of amides is 1. The highest BCUT2D eigenvalue weighted by Crippen LogP contribution is 2.28. The number of nitrogens with one attached hydrogen (secondary N) is 2. The monoisotopic (exact) mass is 430 g/mol. The maximum absolute atomic E-state index is 14.4. The van der Waals surface area contributed by atoms with E-state index in [0.29, 0.717) is 28.8 Å². The van der Waals surface area contributed by atoms with Crippen molar-refractivity contribution in [2.75, 3.05) is 18.9 Å². The fraction of sp³-hybridized carbons (Fsp3) is 0.208. The van der Waals surface area contributed by atoms with Crippen molar-refractivity contribution < 1.29 is 9.18 Å². The van der Waals surface area contributed by atoms with E-state index in [1.807, 2.05) is 32.0 Å². The summed E-state index contributed by atoms with van der Waals surface area (Å²) < 4.78 is 14.4. The molecule has 0 spiro atoms. The topological polar surface area (TPSA) is 92.7 Å². The number of aromatic nitrogens is 4. The molecule has 1 atom stereocenters. The highest BCUT2D eigenvalue weighted by Gasteiger charge is 2.17. The molecule has 4 aromatic rings. The van der Waals surface area contributed by atoms with Crippen LogP contribution in [0.15, 0.2) is 55.1 Å². The van der Waals surface area contributed by atoms with Crippen molar-refractivity contribution in [3.8, 4) is 11.3 Å². The van der Waals surface area contributed by atoms with Gasteiger partial charge < -0.3 is 10.6 Å². The molecular formula is C24H23FN6O. The molecule has 0 saturated heterocycles. The van der Waals surface area contributed by atoms with Crippen LogP contribution in [0.2, 0.25) is 0 Å². The summed E-state index contributed by atoms with van der Waals surface area (Å²) in [6, 6.07) is 10.2. The molecule has 0 bridgehead atoms. The third kappa shape index (κ3) is 4.39. The van der Waals surface area contributed by atoms with Crippen LogP contribution < -0.4 is 10.6 Å². The van der Waals surface area contributed by atoms with Gasteiger partial charge in [-0.05, 0) is 42.8 Å². The smallest absolute Gasteiger partial charge is 0.251 e. The lowest BCUT2D eigenvalue weighted by Gasteiger charge is -2.17. The van der Waals surface area contributed by atoms with E-state index in [9.17, 15) is 9.18 Å². The number of benzene rings is 1. The van der Waals surface area contributed by atoms with Gasteiger partial charge in [-0.25, -0.2) is 14.4 Å². The fourth-order valence-electron chi connectivity index (χ4n) is 3.55. The number of carbonyl (C=O) groups excluding carboxylic acids is 1. The Morgan fingerprint density at radius 1 is 1.09 bits per heavy atom. The van der Waals surface area contributed by atoms with Crippen molar-refractivity contribution in [1.82, 2.24) is 25.3 Å². The van der Waals surface area contributed by atoms with Crippen LogP contribution in [-0.4, -0.2) is 39.4 Å². The zero-order valence-electron chi connectivity index (χ0n) is 18.1. The Morgan fingerprint density at radius 2 is 1.94 bits per heavy atom. The number of hydrogen-bond donors (Lipinski definition) is 2. The summed E-state index contributed by atoms with van der Waals surface area (Å²) in [5.74, 6) is -0.130. The number of rotatable bonds is 6. The Bertz CT molecular complexity index is 1280. The maximum Gasteiger partial charge on any atom is 0.251 e. The average Bonchev–Trinajstić information content (AvgIpc) is 2.81. The number of pyridine rings is 2. The number of aryl methyl sites for hydroxylation is 1. The molecule has 7 nitrogen and oxygen atoms in total. The molecule has 0 saturated carbocycles. The van der Waals surface area contributed by atoms with E-state index in [1.54, 1.807) is 25.5 Å². The largest absolute Gasteiger partial charge is 0.369 e. The molecule has 2 N–H and O–H groups in total. The van der Waals surface area contributed by atoms with Crippen molar-refractivity contribution >= 4 is 22.6 Å². The zero-order chi connectivity index (χ0) is 22.7. The van der Waals surface area contributed by atoms with Gasteiger partial charge in [0.1, 0.15) is 18.0 Å². The SMILES string of the molecule is CNC(=O)c1ccnc2c(C(C)CNc3cc(-c4ccc(C)nc4)ncn3)cc(F)cc12. The Morgan fingerprint density at radius 3 is 2.69 bits per heavy atom. The number of hydrogen-bond acceptors (Lipinski definition) is 6. The minimum Gasteiger partial charge on any atom is -0.369 e. The van der Waals surface area contributed by atoms with E-state index < -0.39 is 5.82 Å². The van der Waals surface area contributed by atoms with Crippen LogP contribution >= 0.6 is 0 Å². The van der Waals surface area contributed by atoms with E-state index >= 15 is 0 Å². The highest BCUT2D eigenvalue weighted by molar-refractivity contribution is 6.06. The molecule has 0 aliphatic carbocycles. The van der Waals surface area contributed by atoms with Gasteiger partial charge in [0.05, 0.1) is 16.8 Å². The number of nitrogens with zero attached hydrogens (tertiary/aromatic N) is 4. The second-order valence-corrected chi connectivity index (χ2v) is 7.59. The summed E-state index contributed by atoms with van der Waals surface area (Å²) >= 11 is 0. The second-order valence-electron chi connectivity index (χ2n) is 7.59. The van der Waals surface area contributed by atoms with E-state index in [4.69, 9.17) is 0 Å². The van der Waals surface area contributed by atoms with Gasteiger partial charge in [0.25, 0.3) is 5.91 Å². The normalized spacial score (nSPS) is 11.9. The predicted octanol–water partition coefficient (Wildman–Crippen LogP) is 4.11. The summed E-state index contributed by atoms with van der Waals surface area (Å²) in [6.07, 6.45) is 4.84. The van der Waals surface area contributed by atoms with Crippen molar-refractivity contribution in [2.24, 2.45) is 0 Å². The van der Waals surface area contributed by atoms with Crippen molar-refractivity contribution in [2.45, 2.75) is 19.8 Å². The van der Waals surface area contributed by atoms with Crippen LogP contribution in [-0.2, 0) is 0 Å². The molecule has 3 aromatic heterocycles. The Labute approximate surface area is 185 Å². The Balaban J connectivity index is 1.59. The summed E-state index contributed by atoms with van der Waals surface area (Å²) in [5, 5.41) is 6.38. The molecule has 0 fully saturated rings. The lowest BCUT2D eigenvalue weighted by atomic mass is 9.95. The fourth-order valence-corrected chi connectivity index (χ4v) is 3.55. The van der Waals surface area contributed by atoms with E-state index in [1.165, 1.54) is 18.5 Å². The number of halogens is 1. The minimum absolute atomic E-state index is 0.0971. The maximum atomic E-state index is 14.4. The summed E-state index contributed by atoms with van der Waals surface area (Å²) in [5.41, 5.74) is 4.31. The molecule has 0 aliphatic heterocycles. The van der Waals surface area contributed by atoms with Crippen LogP contribution in [0.5, 0.6) is 0 Å². The molecule has 0 aliphatic rings. The second kappa shape index (κ2) is 9.05. The van der Waals surface area contributed by atoms with Crippen molar-refractivity contribution in [1.29, 1.82) is 0 Å². The van der Waals surface area contributed by atoms with Gasteiger partial charge in [0, 0.05) is 54.6 Å². The third-order valence-electron chi connectivity index (χ3n) is 5.31. The Kier molecular flexibility index (Phi) is 6.02. The van der Waals surface area contributed by atoms with E-state index in [-0.39, 0.29) is 11.8 Å². The van der Waals surface area contributed by atoms with Crippen LogP contribution in [0.4, 0.5) is 10.2 Å². The van der Waals surface area contributed by atoms with Crippen LogP contribution in [0.1, 0.15) is 34.5 Å². The number of anilines is 1. The first kappa shape index (κ1) is 21.3. The molecule has 1 unspecified atom stereocenters. The van der Waals surface area contributed by atoms with Crippen LogP contribution in [0.25, 0.3) is 22.2 Å².